The molecule has 2 aromatic carbocycles. The summed E-state index contributed by atoms with van der Waals surface area (Å²) in [7, 11) is 0. The fourth-order valence-electron chi connectivity index (χ4n) is 1.85. The van der Waals surface area contributed by atoms with Crippen LogP contribution >= 0.6 is 0 Å². The van der Waals surface area contributed by atoms with Crippen LogP contribution in [-0.2, 0) is 0 Å². The summed E-state index contributed by atoms with van der Waals surface area (Å²) in [4.78, 5) is 0. The third-order valence-electron chi connectivity index (χ3n) is 2.54. The second kappa shape index (κ2) is 4.06. The molecule has 1 heterocycles. The van der Waals surface area contributed by atoms with Crippen molar-refractivity contribution in [3.8, 4) is 5.69 Å². The van der Waals surface area contributed by atoms with Gasteiger partial charge < -0.3 is 4.57 Å². The zero-order chi connectivity index (χ0) is 9.38. The Labute approximate surface area is 101 Å². The van der Waals surface area contributed by atoms with Gasteiger partial charge in [0.25, 0.3) is 0 Å². The van der Waals surface area contributed by atoms with Gasteiger partial charge in [0, 0.05) is 0 Å². The van der Waals surface area contributed by atoms with Crippen molar-refractivity contribution in [1.82, 2.24) is 4.57 Å². The molecular formula is C13H10LiN. The van der Waals surface area contributed by atoms with E-state index in [1.54, 1.807) is 0 Å². The molecule has 3 aromatic rings. The van der Waals surface area contributed by atoms with Gasteiger partial charge >= 0.3 is 18.9 Å². The molecule has 0 fully saturated rings. The Morgan fingerprint density at radius 3 is 2.40 bits per heavy atom. The fraction of sp³-hybridized carbons (Fsp3) is 0. The van der Waals surface area contributed by atoms with Crippen molar-refractivity contribution in [2.24, 2.45) is 0 Å². The second-order valence-corrected chi connectivity index (χ2v) is 3.40. The molecule has 1 nitrogen and oxygen atoms in total. The van der Waals surface area contributed by atoms with Crippen LogP contribution in [0, 0.1) is 0 Å². The maximum Gasteiger partial charge on any atom is 1.00 e. The molecule has 0 saturated heterocycles. The number of hydrogen-bond donors (Lipinski definition) is 0. The largest absolute Gasteiger partial charge is 1.00 e. The second-order valence-electron chi connectivity index (χ2n) is 3.40. The molecule has 0 radical (unpaired) electrons. The smallest absolute Gasteiger partial charge is 0.403 e. The Morgan fingerprint density at radius 2 is 1.60 bits per heavy atom. The van der Waals surface area contributed by atoms with Crippen molar-refractivity contribution in [3.05, 3.63) is 60.9 Å². The number of fused-ring (bicyclic) bond motifs is 1. The first-order chi connectivity index (χ1) is 6.95. The van der Waals surface area contributed by atoms with Gasteiger partial charge in [-0.3, -0.25) is 0 Å². The van der Waals surface area contributed by atoms with Gasteiger partial charge in [-0.15, -0.1) is 12.1 Å². The molecule has 0 bridgehead atoms. The van der Waals surface area contributed by atoms with Gasteiger partial charge in [-0.05, 0) is 18.1 Å². The molecule has 0 atom stereocenters. The van der Waals surface area contributed by atoms with E-state index in [9.17, 15) is 0 Å². The molecule has 68 valence electrons. The molecule has 0 aliphatic heterocycles. The first kappa shape index (κ1) is 10.2. The Kier molecular flexibility index (Phi) is 2.77. The summed E-state index contributed by atoms with van der Waals surface area (Å²) < 4.78 is 2.14. The van der Waals surface area contributed by atoms with Crippen LogP contribution in [0.3, 0.4) is 0 Å². The van der Waals surface area contributed by atoms with Crippen molar-refractivity contribution in [3.63, 3.8) is 0 Å². The standard InChI is InChI=1S/C13H10N.Li/c1-2-6-12-11(5-1)7-8-13(12)14-9-3-4-10-14;/h1-10H;/q-1;+1. The summed E-state index contributed by atoms with van der Waals surface area (Å²) in [6, 6.07) is 16.9. The minimum Gasteiger partial charge on any atom is -0.403 e. The van der Waals surface area contributed by atoms with Crippen molar-refractivity contribution >= 4 is 10.8 Å². The molecule has 15 heavy (non-hydrogen) atoms. The van der Waals surface area contributed by atoms with Crippen molar-refractivity contribution in [2.75, 3.05) is 0 Å². The van der Waals surface area contributed by atoms with Gasteiger partial charge in [0.05, 0.1) is 0 Å². The van der Waals surface area contributed by atoms with Gasteiger partial charge in [-0.1, -0.05) is 47.2 Å². The maximum atomic E-state index is 2.16. The van der Waals surface area contributed by atoms with E-state index in [2.05, 4.69) is 53.4 Å². The summed E-state index contributed by atoms with van der Waals surface area (Å²) in [5.41, 5.74) is 1.26. The molecule has 3 rings (SSSR count). The number of benzene rings is 1. The van der Waals surface area contributed by atoms with Crippen LogP contribution in [0.5, 0.6) is 0 Å². The van der Waals surface area contributed by atoms with E-state index < -0.39 is 0 Å². The summed E-state index contributed by atoms with van der Waals surface area (Å²) in [5.74, 6) is 0. The average Bonchev–Trinajstić information content (AvgIpc) is 2.85. The van der Waals surface area contributed by atoms with Crippen LogP contribution in [0.1, 0.15) is 0 Å². The van der Waals surface area contributed by atoms with Crippen LogP contribution in [-0.4, -0.2) is 4.57 Å². The summed E-state index contributed by atoms with van der Waals surface area (Å²) >= 11 is 0. The summed E-state index contributed by atoms with van der Waals surface area (Å²) in [5, 5.41) is 2.61. The monoisotopic (exact) mass is 187 g/mol. The molecule has 0 amide bonds. The van der Waals surface area contributed by atoms with Gasteiger partial charge in [0.2, 0.25) is 0 Å². The Balaban J connectivity index is 0.000000853. The van der Waals surface area contributed by atoms with Gasteiger partial charge in [0.15, 0.2) is 0 Å². The molecule has 0 saturated carbocycles. The third kappa shape index (κ3) is 1.65. The van der Waals surface area contributed by atoms with Crippen molar-refractivity contribution in [2.45, 2.75) is 0 Å². The molecule has 0 N–H and O–H groups in total. The molecule has 0 aliphatic carbocycles. The Bertz CT molecular complexity index is 549. The number of nitrogens with zero attached hydrogens (tertiary/aromatic N) is 1. The molecule has 0 spiro atoms. The number of hydrogen-bond acceptors (Lipinski definition) is 0. The maximum absolute atomic E-state index is 2.16. The SMILES string of the molecule is [Li+].c1ccc2c(c1)cc[c-]2-n1cccc1. The van der Waals surface area contributed by atoms with Crippen LogP contribution in [0.2, 0.25) is 0 Å². The van der Waals surface area contributed by atoms with Gasteiger partial charge in [-0.2, -0.15) is 0 Å². The molecule has 0 unspecified atom stereocenters. The quantitative estimate of drug-likeness (QED) is 0.383. The van der Waals surface area contributed by atoms with E-state index >= 15 is 0 Å². The minimum atomic E-state index is 0. The van der Waals surface area contributed by atoms with Crippen LogP contribution in [0.15, 0.2) is 60.9 Å². The van der Waals surface area contributed by atoms with Gasteiger partial charge in [-0.25, -0.2) is 0 Å². The van der Waals surface area contributed by atoms with Crippen LogP contribution < -0.4 is 18.9 Å². The number of rotatable bonds is 1. The molecule has 0 aliphatic rings. The summed E-state index contributed by atoms with van der Waals surface area (Å²) in [6.07, 6.45) is 4.14. The molecule has 1 aromatic heterocycles. The van der Waals surface area contributed by atoms with Crippen molar-refractivity contribution in [1.29, 1.82) is 0 Å². The topological polar surface area (TPSA) is 4.93 Å². The van der Waals surface area contributed by atoms with Gasteiger partial charge in [0.1, 0.15) is 0 Å². The minimum absolute atomic E-state index is 0. The average molecular weight is 187 g/mol. The first-order valence-corrected chi connectivity index (χ1v) is 4.73. The van der Waals surface area contributed by atoms with E-state index in [0.29, 0.717) is 0 Å². The van der Waals surface area contributed by atoms with E-state index in [4.69, 9.17) is 0 Å². The van der Waals surface area contributed by atoms with E-state index in [0.717, 1.165) is 0 Å². The van der Waals surface area contributed by atoms with Crippen molar-refractivity contribution < 1.29 is 18.9 Å². The zero-order valence-corrected chi connectivity index (χ0v) is 8.72. The zero-order valence-electron chi connectivity index (χ0n) is 8.72. The van der Waals surface area contributed by atoms with E-state index in [1.807, 2.05) is 12.1 Å². The van der Waals surface area contributed by atoms with Crippen LogP contribution in [0.4, 0.5) is 0 Å². The first-order valence-electron chi connectivity index (χ1n) is 4.73. The molecule has 2 heteroatoms. The number of aromatic nitrogens is 1. The summed E-state index contributed by atoms with van der Waals surface area (Å²) in [6.45, 7) is 0. The molecular weight excluding hydrogens is 177 g/mol. The van der Waals surface area contributed by atoms with Crippen LogP contribution in [0.25, 0.3) is 16.5 Å². The Hall–Kier alpha value is -1.29. The normalized spacial score (nSPS) is 10.1. The van der Waals surface area contributed by atoms with E-state index in [-0.39, 0.29) is 18.9 Å². The Morgan fingerprint density at radius 1 is 0.867 bits per heavy atom. The third-order valence-corrected chi connectivity index (χ3v) is 2.54. The predicted molar refractivity (Wildman–Crippen MR) is 58.9 cm³/mol. The predicted octanol–water partition coefficient (Wildman–Crippen LogP) is 0.353. The fourth-order valence-corrected chi connectivity index (χ4v) is 1.85. The van der Waals surface area contributed by atoms with E-state index in [1.165, 1.54) is 16.5 Å².